The Balaban J connectivity index is 2.27. The van der Waals surface area contributed by atoms with Crippen molar-refractivity contribution >= 4 is 11.8 Å². The minimum absolute atomic E-state index is 0.0757. The lowest BCUT2D eigenvalue weighted by molar-refractivity contribution is -0.147. The third-order valence-corrected chi connectivity index (χ3v) is 3.91. The van der Waals surface area contributed by atoms with Crippen LogP contribution in [-0.4, -0.2) is 16.9 Å². The van der Waals surface area contributed by atoms with Gasteiger partial charge < -0.3 is 5.11 Å². The number of ketones is 1. The maximum Gasteiger partial charge on any atom is 0.307 e. The molecule has 4 unspecified atom stereocenters. The highest BCUT2D eigenvalue weighted by Gasteiger charge is 2.50. The van der Waals surface area contributed by atoms with Crippen molar-refractivity contribution in [1.29, 1.82) is 0 Å². The normalized spacial score (nSPS) is 40.9. The number of carbonyl (C=O) groups excluding carboxylic acids is 1. The first-order valence-electron chi connectivity index (χ1n) is 5.34. The molecule has 14 heavy (non-hydrogen) atoms. The molecule has 0 saturated heterocycles. The molecular formula is C11H16O3. The fraction of sp³-hybridized carbons (Fsp3) is 0.818. The van der Waals surface area contributed by atoms with Crippen LogP contribution in [0.5, 0.6) is 0 Å². The Morgan fingerprint density at radius 3 is 2.21 bits per heavy atom. The lowest BCUT2D eigenvalue weighted by Crippen LogP contribution is -2.29. The summed E-state index contributed by atoms with van der Waals surface area (Å²) in [5.41, 5.74) is 0. The maximum absolute atomic E-state index is 11.4. The molecule has 0 aromatic heterocycles. The summed E-state index contributed by atoms with van der Waals surface area (Å²) >= 11 is 0. The summed E-state index contributed by atoms with van der Waals surface area (Å²) in [5, 5.41) is 9.13. The van der Waals surface area contributed by atoms with Crippen LogP contribution in [-0.2, 0) is 9.59 Å². The van der Waals surface area contributed by atoms with Crippen molar-refractivity contribution in [3.8, 4) is 0 Å². The Morgan fingerprint density at radius 2 is 1.71 bits per heavy atom. The summed E-state index contributed by atoms with van der Waals surface area (Å²) in [6.45, 7) is 1.54. The van der Waals surface area contributed by atoms with Gasteiger partial charge in [-0.1, -0.05) is 6.42 Å². The average Bonchev–Trinajstić information content (AvgIpc) is 2.37. The SMILES string of the molecule is CC(=O)C1C2CCCC(C2)C1C(=O)O. The Morgan fingerprint density at radius 1 is 1.14 bits per heavy atom. The first-order valence-corrected chi connectivity index (χ1v) is 5.34. The summed E-state index contributed by atoms with van der Waals surface area (Å²) in [6.07, 6.45) is 4.10. The second-order valence-electron chi connectivity index (χ2n) is 4.69. The lowest BCUT2D eigenvalue weighted by Gasteiger charge is -2.18. The summed E-state index contributed by atoms with van der Waals surface area (Å²) in [6, 6.07) is 0. The standard InChI is InChI=1S/C11H16O3/c1-6(12)9-7-3-2-4-8(5-7)10(9)11(13)14/h7-10H,2-5H2,1H3,(H,13,14). The van der Waals surface area contributed by atoms with Gasteiger partial charge in [0.15, 0.2) is 0 Å². The molecular weight excluding hydrogens is 180 g/mol. The maximum atomic E-state index is 11.4. The van der Waals surface area contributed by atoms with E-state index in [-0.39, 0.29) is 23.5 Å². The van der Waals surface area contributed by atoms with E-state index in [1.54, 1.807) is 6.92 Å². The molecule has 0 spiro atoms. The number of rotatable bonds is 2. The van der Waals surface area contributed by atoms with Crippen LogP contribution in [0.25, 0.3) is 0 Å². The average molecular weight is 196 g/mol. The van der Waals surface area contributed by atoms with Crippen LogP contribution < -0.4 is 0 Å². The largest absolute Gasteiger partial charge is 0.481 e. The highest BCUT2D eigenvalue weighted by molar-refractivity contribution is 5.85. The van der Waals surface area contributed by atoms with E-state index in [1.165, 1.54) is 0 Å². The Bertz CT molecular complexity index is 246. The molecule has 3 nitrogen and oxygen atoms in total. The Kier molecular flexibility index (Phi) is 2.33. The fourth-order valence-electron chi connectivity index (χ4n) is 3.45. The van der Waals surface area contributed by atoms with Crippen LogP contribution in [0.2, 0.25) is 0 Å². The quantitative estimate of drug-likeness (QED) is 0.731. The molecule has 2 rings (SSSR count). The van der Waals surface area contributed by atoms with Crippen molar-refractivity contribution in [2.45, 2.75) is 32.6 Å². The molecule has 78 valence electrons. The molecule has 2 saturated carbocycles. The Labute approximate surface area is 83.5 Å². The first kappa shape index (κ1) is 9.69. The minimum Gasteiger partial charge on any atom is -0.481 e. The molecule has 1 N–H and O–H groups in total. The highest BCUT2D eigenvalue weighted by Crippen LogP contribution is 2.50. The molecule has 0 aromatic rings. The summed E-state index contributed by atoms with van der Waals surface area (Å²) in [7, 11) is 0. The van der Waals surface area contributed by atoms with Crippen LogP contribution in [0.3, 0.4) is 0 Å². The van der Waals surface area contributed by atoms with E-state index >= 15 is 0 Å². The zero-order chi connectivity index (χ0) is 10.3. The smallest absolute Gasteiger partial charge is 0.307 e. The molecule has 3 heteroatoms. The van der Waals surface area contributed by atoms with Crippen molar-refractivity contribution in [3.63, 3.8) is 0 Å². The van der Waals surface area contributed by atoms with Gasteiger partial charge in [0.2, 0.25) is 0 Å². The van der Waals surface area contributed by atoms with Gasteiger partial charge in [0.1, 0.15) is 5.78 Å². The zero-order valence-electron chi connectivity index (χ0n) is 8.40. The third kappa shape index (κ3) is 1.35. The van der Waals surface area contributed by atoms with Crippen molar-refractivity contribution in [1.82, 2.24) is 0 Å². The molecule has 0 amide bonds. The first-order chi connectivity index (χ1) is 6.61. The molecule has 2 aliphatic carbocycles. The van der Waals surface area contributed by atoms with E-state index in [9.17, 15) is 9.59 Å². The molecule has 2 aliphatic rings. The second-order valence-corrected chi connectivity index (χ2v) is 4.69. The van der Waals surface area contributed by atoms with Gasteiger partial charge in [-0.05, 0) is 38.0 Å². The van der Waals surface area contributed by atoms with E-state index in [2.05, 4.69) is 0 Å². The summed E-state index contributed by atoms with van der Waals surface area (Å²) in [5.74, 6) is -0.654. The van der Waals surface area contributed by atoms with Gasteiger partial charge in [-0.25, -0.2) is 0 Å². The van der Waals surface area contributed by atoms with Crippen molar-refractivity contribution < 1.29 is 14.7 Å². The van der Waals surface area contributed by atoms with Crippen LogP contribution in [0.1, 0.15) is 32.6 Å². The van der Waals surface area contributed by atoms with E-state index in [1.807, 2.05) is 0 Å². The molecule has 2 fully saturated rings. The number of carboxylic acid groups (broad SMARTS) is 1. The number of hydrogen-bond acceptors (Lipinski definition) is 2. The van der Waals surface area contributed by atoms with Gasteiger partial charge in [0.25, 0.3) is 0 Å². The second kappa shape index (κ2) is 3.37. The highest BCUT2D eigenvalue weighted by atomic mass is 16.4. The molecule has 4 atom stereocenters. The van der Waals surface area contributed by atoms with Crippen LogP contribution in [0, 0.1) is 23.7 Å². The van der Waals surface area contributed by atoms with Crippen LogP contribution in [0.4, 0.5) is 0 Å². The fourth-order valence-corrected chi connectivity index (χ4v) is 3.45. The van der Waals surface area contributed by atoms with E-state index in [4.69, 9.17) is 5.11 Å². The van der Waals surface area contributed by atoms with Gasteiger partial charge >= 0.3 is 5.97 Å². The predicted molar refractivity (Wildman–Crippen MR) is 50.7 cm³/mol. The number of Topliss-reactive ketones (excluding diaryl/α,β-unsaturated/α-hetero) is 1. The van der Waals surface area contributed by atoms with Gasteiger partial charge in [-0.2, -0.15) is 0 Å². The van der Waals surface area contributed by atoms with Crippen molar-refractivity contribution in [2.75, 3.05) is 0 Å². The molecule has 0 radical (unpaired) electrons. The number of carboxylic acids is 1. The van der Waals surface area contributed by atoms with Gasteiger partial charge in [-0.15, -0.1) is 0 Å². The lowest BCUT2D eigenvalue weighted by atomic mass is 9.85. The van der Waals surface area contributed by atoms with Crippen molar-refractivity contribution in [2.24, 2.45) is 23.7 Å². The van der Waals surface area contributed by atoms with E-state index < -0.39 is 5.97 Å². The van der Waals surface area contributed by atoms with Crippen LogP contribution in [0.15, 0.2) is 0 Å². The third-order valence-electron chi connectivity index (χ3n) is 3.91. The van der Waals surface area contributed by atoms with Crippen molar-refractivity contribution in [3.05, 3.63) is 0 Å². The number of aliphatic carboxylic acids is 1. The zero-order valence-corrected chi connectivity index (χ0v) is 8.40. The summed E-state index contributed by atoms with van der Waals surface area (Å²) in [4.78, 5) is 22.5. The molecule has 0 heterocycles. The van der Waals surface area contributed by atoms with Gasteiger partial charge in [-0.3, -0.25) is 9.59 Å². The minimum atomic E-state index is -0.764. The van der Waals surface area contributed by atoms with Crippen LogP contribution >= 0.6 is 0 Å². The number of carbonyl (C=O) groups is 2. The molecule has 0 aliphatic heterocycles. The number of fused-ring (bicyclic) bond motifs is 2. The molecule has 0 aromatic carbocycles. The monoisotopic (exact) mass is 196 g/mol. The van der Waals surface area contributed by atoms with Gasteiger partial charge in [0, 0.05) is 5.92 Å². The summed E-state index contributed by atoms with van der Waals surface area (Å²) < 4.78 is 0. The predicted octanol–water partition coefficient (Wildman–Crippen LogP) is 1.71. The van der Waals surface area contributed by atoms with E-state index in [0.29, 0.717) is 5.92 Å². The topological polar surface area (TPSA) is 54.4 Å². The number of hydrogen-bond donors (Lipinski definition) is 1. The van der Waals surface area contributed by atoms with Gasteiger partial charge in [0.05, 0.1) is 5.92 Å². The molecule has 2 bridgehead atoms. The Hall–Kier alpha value is -0.860. The van der Waals surface area contributed by atoms with E-state index in [0.717, 1.165) is 25.7 Å².